The molecule has 0 atom stereocenters. The summed E-state index contributed by atoms with van der Waals surface area (Å²) in [5.41, 5.74) is 2.52. The maximum Gasteiger partial charge on any atom is 0.194 e. The summed E-state index contributed by atoms with van der Waals surface area (Å²) in [5, 5.41) is 10.9. The Balaban J connectivity index is 2.25. The number of nitriles is 1. The number of hydrogen-bond donors (Lipinski definition) is 0. The molecule has 0 fully saturated rings. The van der Waals surface area contributed by atoms with Crippen molar-refractivity contribution >= 4 is 16.3 Å². The molecule has 0 saturated carbocycles. The first-order valence-corrected chi connectivity index (χ1v) is 6.01. The zero-order valence-electron chi connectivity index (χ0n) is 8.87. The van der Waals surface area contributed by atoms with Crippen LogP contribution in [0.3, 0.4) is 0 Å². The Kier molecular flexibility index (Phi) is 2.35. The van der Waals surface area contributed by atoms with Gasteiger partial charge in [-0.3, -0.25) is 9.38 Å². The van der Waals surface area contributed by atoms with E-state index in [2.05, 4.69) is 16.0 Å². The SMILES string of the molecule is N#CCc1c(-c2ccccn2)nc2sccn12. The lowest BCUT2D eigenvalue weighted by molar-refractivity contribution is 1.07. The molecule has 0 aromatic carbocycles. The number of aromatic nitrogens is 3. The van der Waals surface area contributed by atoms with E-state index in [0.717, 1.165) is 22.0 Å². The Morgan fingerprint density at radius 2 is 2.35 bits per heavy atom. The molecule has 0 bridgehead atoms. The van der Waals surface area contributed by atoms with Gasteiger partial charge in [0.25, 0.3) is 0 Å². The minimum atomic E-state index is 0.337. The third-order valence-corrected chi connectivity index (χ3v) is 3.27. The van der Waals surface area contributed by atoms with E-state index in [1.807, 2.05) is 34.2 Å². The monoisotopic (exact) mass is 240 g/mol. The van der Waals surface area contributed by atoms with Crippen LogP contribution < -0.4 is 0 Å². The zero-order chi connectivity index (χ0) is 11.7. The molecule has 3 aromatic heterocycles. The molecule has 82 valence electrons. The van der Waals surface area contributed by atoms with Gasteiger partial charge in [-0.05, 0) is 12.1 Å². The van der Waals surface area contributed by atoms with Crippen LogP contribution in [0, 0.1) is 11.3 Å². The van der Waals surface area contributed by atoms with Crippen molar-refractivity contribution in [2.24, 2.45) is 0 Å². The van der Waals surface area contributed by atoms with E-state index in [9.17, 15) is 0 Å². The maximum atomic E-state index is 8.90. The van der Waals surface area contributed by atoms with Gasteiger partial charge < -0.3 is 0 Å². The van der Waals surface area contributed by atoms with Gasteiger partial charge in [-0.2, -0.15) is 5.26 Å². The average Bonchev–Trinajstić information content (AvgIpc) is 2.93. The van der Waals surface area contributed by atoms with Crippen LogP contribution in [0.4, 0.5) is 0 Å². The normalized spacial score (nSPS) is 10.5. The molecule has 0 aliphatic heterocycles. The maximum absolute atomic E-state index is 8.90. The van der Waals surface area contributed by atoms with E-state index >= 15 is 0 Å². The number of pyridine rings is 1. The van der Waals surface area contributed by atoms with Crippen molar-refractivity contribution in [3.63, 3.8) is 0 Å². The molecule has 17 heavy (non-hydrogen) atoms. The van der Waals surface area contributed by atoms with Crippen molar-refractivity contribution in [2.45, 2.75) is 6.42 Å². The van der Waals surface area contributed by atoms with Crippen LogP contribution in [0.5, 0.6) is 0 Å². The molecule has 0 aliphatic rings. The van der Waals surface area contributed by atoms with Crippen LogP contribution in [0.25, 0.3) is 16.3 Å². The summed E-state index contributed by atoms with van der Waals surface area (Å²) >= 11 is 1.56. The smallest absolute Gasteiger partial charge is 0.194 e. The van der Waals surface area contributed by atoms with Gasteiger partial charge in [0.05, 0.1) is 23.9 Å². The Labute approximate surface area is 102 Å². The fourth-order valence-electron chi connectivity index (χ4n) is 1.78. The first kappa shape index (κ1) is 10.00. The summed E-state index contributed by atoms with van der Waals surface area (Å²) in [4.78, 5) is 9.71. The van der Waals surface area contributed by atoms with Crippen LogP contribution in [-0.2, 0) is 6.42 Å². The molecule has 0 unspecified atom stereocenters. The highest BCUT2D eigenvalue weighted by Crippen LogP contribution is 2.25. The zero-order valence-corrected chi connectivity index (χ0v) is 9.68. The van der Waals surface area contributed by atoms with E-state index in [1.165, 1.54) is 0 Å². The van der Waals surface area contributed by atoms with Gasteiger partial charge in [0.1, 0.15) is 5.69 Å². The van der Waals surface area contributed by atoms with E-state index in [4.69, 9.17) is 5.26 Å². The fourth-order valence-corrected chi connectivity index (χ4v) is 2.52. The molecular weight excluding hydrogens is 232 g/mol. The molecule has 3 heterocycles. The number of thiazole rings is 1. The Hall–Kier alpha value is -2.19. The van der Waals surface area contributed by atoms with Gasteiger partial charge in [-0.15, -0.1) is 11.3 Å². The van der Waals surface area contributed by atoms with Gasteiger partial charge >= 0.3 is 0 Å². The van der Waals surface area contributed by atoms with Crippen LogP contribution in [-0.4, -0.2) is 14.4 Å². The summed E-state index contributed by atoms with van der Waals surface area (Å²) in [6, 6.07) is 7.88. The molecule has 5 heteroatoms. The summed E-state index contributed by atoms with van der Waals surface area (Å²) < 4.78 is 1.96. The Morgan fingerprint density at radius 1 is 1.41 bits per heavy atom. The van der Waals surface area contributed by atoms with Crippen molar-refractivity contribution in [1.29, 1.82) is 5.26 Å². The second kappa shape index (κ2) is 4.00. The third-order valence-electron chi connectivity index (χ3n) is 2.52. The topological polar surface area (TPSA) is 54.0 Å². The average molecular weight is 240 g/mol. The molecule has 3 rings (SSSR count). The number of rotatable bonds is 2. The highest BCUT2D eigenvalue weighted by molar-refractivity contribution is 7.15. The van der Waals surface area contributed by atoms with Crippen molar-refractivity contribution in [3.8, 4) is 17.5 Å². The van der Waals surface area contributed by atoms with Gasteiger partial charge in [0.15, 0.2) is 4.96 Å². The fraction of sp³-hybridized carbons (Fsp3) is 0.0833. The van der Waals surface area contributed by atoms with Crippen molar-refractivity contribution in [1.82, 2.24) is 14.4 Å². The Bertz CT molecular complexity index is 690. The summed E-state index contributed by atoms with van der Waals surface area (Å²) in [5.74, 6) is 0. The van der Waals surface area contributed by atoms with Gasteiger partial charge in [0, 0.05) is 17.8 Å². The largest absolute Gasteiger partial charge is 0.293 e. The molecule has 3 aromatic rings. The first-order valence-electron chi connectivity index (χ1n) is 5.13. The Morgan fingerprint density at radius 3 is 3.12 bits per heavy atom. The summed E-state index contributed by atoms with van der Waals surface area (Å²) in [7, 11) is 0. The summed E-state index contributed by atoms with van der Waals surface area (Å²) in [6.07, 6.45) is 4.01. The number of imidazole rings is 1. The lowest BCUT2D eigenvalue weighted by atomic mass is 10.2. The highest BCUT2D eigenvalue weighted by atomic mass is 32.1. The molecule has 0 N–H and O–H groups in total. The predicted molar refractivity (Wildman–Crippen MR) is 65.6 cm³/mol. The molecule has 0 spiro atoms. The highest BCUT2D eigenvalue weighted by Gasteiger charge is 2.14. The minimum Gasteiger partial charge on any atom is -0.293 e. The van der Waals surface area contributed by atoms with Crippen LogP contribution in [0.1, 0.15) is 5.69 Å². The van der Waals surface area contributed by atoms with Gasteiger partial charge in [-0.1, -0.05) is 6.07 Å². The second-order valence-corrected chi connectivity index (χ2v) is 4.39. The number of hydrogen-bond acceptors (Lipinski definition) is 4. The molecule has 0 saturated heterocycles. The van der Waals surface area contributed by atoms with E-state index in [0.29, 0.717) is 6.42 Å². The molecule has 4 nitrogen and oxygen atoms in total. The lowest BCUT2D eigenvalue weighted by Gasteiger charge is -1.98. The van der Waals surface area contributed by atoms with E-state index in [-0.39, 0.29) is 0 Å². The van der Waals surface area contributed by atoms with Crippen molar-refractivity contribution in [2.75, 3.05) is 0 Å². The molecular formula is C12H8N4S. The molecule has 0 aliphatic carbocycles. The number of fused-ring (bicyclic) bond motifs is 1. The quantitative estimate of drug-likeness (QED) is 0.691. The number of nitrogens with zero attached hydrogens (tertiary/aromatic N) is 4. The van der Waals surface area contributed by atoms with Crippen LogP contribution in [0.2, 0.25) is 0 Å². The minimum absolute atomic E-state index is 0.337. The first-order chi connectivity index (χ1) is 8.40. The van der Waals surface area contributed by atoms with E-state index < -0.39 is 0 Å². The molecule has 0 amide bonds. The molecule has 0 radical (unpaired) electrons. The van der Waals surface area contributed by atoms with Gasteiger partial charge in [0.2, 0.25) is 0 Å². The lowest BCUT2D eigenvalue weighted by Crippen LogP contribution is -1.92. The van der Waals surface area contributed by atoms with E-state index in [1.54, 1.807) is 17.5 Å². The van der Waals surface area contributed by atoms with Crippen LogP contribution in [0.15, 0.2) is 36.0 Å². The summed E-state index contributed by atoms with van der Waals surface area (Å²) in [6.45, 7) is 0. The van der Waals surface area contributed by atoms with Crippen molar-refractivity contribution < 1.29 is 0 Å². The van der Waals surface area contributed by atoms with Crippen molar-refractivity contribution in [3.05, 3.63) is 41.7 Å². The standard InChI is InChI=1S/C12H8N4S/c13-5-4-10-11(9-3-1-2-6-14-9)15-12-16(10)7-8-17-12/h1-3,6-8H,4H2. The van der Waals surface area contributed by atoms with Gasteiger partial charge in [-0.25, -0.2) is 4.98 Å². The third kappa shape index (κ3) is 1.59. The second-order valence-electron chi connectivity index (χ2n) is 3.51. The predicted octanol–water partition coefficient (Wildman–Crippen LogP) is 2.52. The van der Waals surface area contributed by atoms with Crippen LogP contribution >= 0.6 is 11.3 Å².